The molecule has 3 aliphatic rings. The van der Waals surface area contributed by atoms with E-state index in [1.165, 1.54) is 5.56 Å². The molecule has 4 rings (SSSR count). The molecule has 2 fully saturated rings. The molecule has 152 valence electrons. The van der Waals surface area contributed by atoms with Gasteiger partial charge in [0.05, 0.1) is 17.2 Å². The number of amides is 1. The first kappa shape index (κ1) is 19.4. The number of carbonyl (C=O) groups excluding carboxylic acids is 1. The summed E-state index contributed by atoms with van der Waals surface area (Å²) in [5, 5.41) is 14.3. The summed E-state index contributed by atoms with van der Waals surface area (Å²) < 4.78 is 5.56. The van der Waals surface area contributed by atoms with Gasteiger partial charge in [0, 0.05) is 39.1 Å². The molecule has 0 aliphatic carbocycles. The average Bonchev–Trinajstić information content (AvgIpc) is 3.17. The van der Waals surface area contributed by atoms with Gasteiger partial charge in [0.25, 0.3) is 0 Å². The van der Waals surface area contributed by atoms with E-state index in [9.17, 15) is 9.90 Å². The van der Waals surface area contributed by atoms with E-state index in [1.807, 2.05) is 4.90 Å². The molecule has 1 aromatic rings. The number of oxime groups is 1. The van der Waals surface area contributed by atoms with Gasteiger partial charge in [0.2, 0.25) is 5.91 Å². The van der Waals surface area contributed by atoms with Gasteiger partial charge in [-0.15, -0.1) is 0 Å². The number of rotatable bonds is 4. The lowest BCUT2D eigenvalue weighted by molar-refractivity contribution is -0.154. The summed E-state index contributed by atoms with van der Waals surface area (Å²) in [4.78, 5) is 21.1. The van der Waals surface area contributed by atoms with E-state index < -0.39 is 11.5 Å². The molecule has 2 saturated heterocycles. The van der Waals surface area contributed by atoms with Gasteiger partial charge in [-0.05, 0) is 38.2 Å². The molecule has 0 spiro atoms. The van der Waals surface area contributed by atoms with Gasteiger partial charge in [0.15, 0.2) is 0 Å². The zero-order valence-electron chi connectivity index (χ0n) is 16.6. The van der Waals surface area contributed by atoms with Crippen molar-refractivity contribution in [2.75, 3.05) is 26.3 Å². The van der Waals surface area contributed by atoms with Crippen molar-refractivity contribution >= 4 is 11.6 Å². The average molecular weight is 386 g/mol. The normalized spacial score (nSPS) is 27.2. The van der Waals surface area contributed by atoms with Crippen molar-refractivity contribution in [2.24, 2.45) is 10.6 Å². The molecule has 1 aromatic carbocycles. The number of hydrogen-bond acceptors (Lipinski definition) is 5. The van der Waals surface area contributed by atoms with Gasteiger partial charge in [-0.1, -0.05) is 35.0 Å². The number of piperidine rings is 1. The highest BCUT2D eigenvalue weighted by Crippen LogP contribution is 2.40. The Balaban J connectivity index is 1.45. The Bertz CT molecular complexity index is 725. The number of aliphatic hydroxyl groups excluding tert-OH is 1. The minimum absolute atomic E-state index is 0.0898. The van der Waals surface area contributed by atoms with Gasteiger partial charge in [0.1, 0.15) is 6.10 Å². The van der Waals surface area contributed by atoms with Gasteiger partial charge in [-0.25, -0.2) is 0 Å². The van der Waals surface area contributed by atoms with Crippen molar-refractivity contribution in [3.8, 4) is 0 Å². The molecule has 0 aromatic heterocycles. The number of likely N-dealkylation sites (tertiary alicyclic amines) is 1. The van der Waals surface area contributed by atoms with Gasteiger partial charge in [-0.3, -0.25) is 4.79 Å². The third-order valence-electron chi connectivity index (χ3n) is 6.32. The van der Waals surface area contributed by atoms with Crippen LogP contribution in [-0.2, 0) is 14.4 Å². The summed E-state index contributed by atoms with van der Waals surface area (Å²) in [6, 6.07) is 8.31. The molecular weight excluding hydrogens is 356 g/mol. The number of ether oxygens (including phenoxy) is 1. The van der Waals surface area contributed by atoms with Crippen molar-refractivity contribution in [1.82, 2.24) is 4.90 Å². The Morgan fingerprint density at radius 3 is 2.75 bits per heavy atom. The summed E-state index contributed by atoms with van der Waals surface area (Å²) in [7, 11) is 0. The van der Waals surface area contributed by atoms with Crippen LogP contribution in [0.25, 0.3) is 0 Å². The van der Waals surface area contributed by atoms with Gasteiger partial charge >= 0.3 is 0 Å². The number of hydrogen-bond donors (Lipinski definition) is 1. The molecule has 3 heterocycles. The van der Waals surface area contributed by atoms with Crippen LogP contribution in [0.3, 0.4) is 0 Å². The van der Waals surface area contributed by atoms with E-state index in [1.54, 1.807) is 0 Å². The standard InChI is InChI=1S/C22H30N2O4/c1-16-4-6-17(7-5-16)20-13-19(28-23-20)14-22(8-11-27-12-9-22)21(26)24-10-2-3-18(25)15-24/h4-7,18-19,25H,2-3,8-15H2,1H3/t18-,19-/m1/s1. The fourth-order valence-corrected chi connectivity index (χ4v) is 4.63. The Hall–Kier alpha value is -1.92. The summed E-state index contributed by atoms with van der Waals surface area (Å²) in [6.45, 7) is 4.44. The van der Waals surface area contributed by atoms with Crippen LogP contribution in [0.2, 0.25) is 0 Å². The van der Waals surface area contributed by atoms with E-state index in [0.29, 0.717) is 39.0 Å². The zero-order chi connectivity index (χ0) is 19.6. The molecule has 0 unspecified atom stereocenters. The summed E-state index contributed by atoms with van der Waals surface area (Å²) in [5.41, 5.74) is 2.78. The molecular formula is C22H30N2O4. The van der Waals surface area contributed by atoms with Crippen LogP contribution in [0.5, 0.6) is 0 Å². The highest BCUT2D eigenvalue weighted by atomic mass is 16.6. The van der Waals surface area contributed by atoms with Crippen LogP contribution in [-0.4, -0.2) is 60.1 Å². The fraction of sp³-hybridized carbons (Fsp3) is 0.636. The first-order valence-corrected chi connectivity index (χ1v) is 10.4. The molecule has 3 aliphatic heterocycles. The molecule has 28 heavy (non-hydrogen) atoms. The maximum Gasteiger partial charge on any atom is 0.229 e. The smallest absolute Gasteiger partial charge is 0.229 e. The first-order chi connectivity index (χ1) is 13.6. The lowest BCUT2D eigenvalue weighted by atomic mass is 9.73. The predicted molar refractivity (Wildman–Crippen MR) is 106 cm³/mol. The minimum atomic E-state index is -0.474. The highest BCUT2D eigenvalue weighted by molar-refractivity contribution is 6.01. The molecule has 1 amide bonds. The number of aryl methyl sites for hydroxylation is 1. The molecule has 0 saturated carbocycles. The molecule has 0 bridgehead atoms. The molecule has 2 atom stereocenters. The zero-order valence-corrected chi connectivity index (χ0v) is 16.6. The topological polar surface area (TPSA) is 71.4 Å². The first-order valence-electron chi connectivity index (χ1n) is 10.4. The monoisotopic (exact) mass is 386 g/mol. The van der Waals surface area contributed by atoms with Crippen molar-refractivity contribution in [3.63, 3.8) is 0 Å². The Kier molecular flexibility index (Phi) is 5.69. The minimum Gasteiger partial charge on any atom is -0.392 e. The number of benzene rings is 1. The van der Waals surface area contributed by atoms with Crippen molar-refractivity contribution in [1.29, 1.82) is 0 Å². The molecule has 1 N–H and O–H groups in total. The highest BCUT2D eigenvalue weighted by Gasteiger charge is 2.46. The number of carbonyl (C=O) groups is 1. The van der Waals surface area contributed by atoms with Crippen LogP contribution >= 0.6 is 0 Å². The Morgan fingerprint density at radius 1 is 1.29 bits per heavy atom. The lowest BCUT2D eigenvalue weighted by Gasteiger charge is -2.42. The van der Waals surface area contributed by atoms with E-state index in [4.69, 9.17) is 9.57 Å². The third-order valence-corrected chi connectivity index (χ3v) is 6.32. The molecule has 6 nitrogen and oxygen atoms in total. The Morgan fingerprint density at radius 2 is 2.04 bits per heavy atom. The number of β-amino-alcohol motifs (C(OH)–C–C–N with tert-alkyl or cyclic N) is 1. The predicted octanol–water partition coefficient (Wildman–Crippen LogP) is 2.66. The maximum atomic E-state index is 13.5. The molecule has 0 radical (unpaired) electrons. The second-order valence-electron chi connectivity index (χ2n) is 8.48. The lowest BCUT2D eigenvalue weighted by Crippen LogP contribution is -2.52. The van der Waals surface area contributed by atoms with Crippen molar-refractivity contribution < 1.29 is 19.5 Å². The van der Waals surface area contributed by atoms with Crippen molar-refractivity contribution in [2.45, 2.75) is 57.7 Å². The van der Waals surface area contributed by atoms with Crippen LogP contribution in [0.4, 0.5) is 0 Å². The van der Waals surface area contributed by atoms with E-state index in [0.717, 1.165) is 37.1 Å². The molecule has 6 heteroatoms. The van der Waals surface area contributed by atoms with Crippen LogP contribution in [0.1, 0.15) is 49.7 Å². The van der Waals surface area contributed by atoms with Crippen LogP contribution in [0.15, 0.2) is 29.4 Å². The van der Waals surface area contributed by atoms with Crippen LogP contribution < -0.4 is 0 Å². The summed E-state index contributed by atoms with van der Waals surface area (Å²) in [6.07, 6.45) is 3.93. The quantitative estimate of drug-likeness (QED) is 0.864. The van der Waals surface area contributed by atoms with Crippen molar-refractivity contribution in [3.05, 3.63) is 35.4 Å². The van der Waals surface area contributed by atoms with E-state index >= 15 is 0 Å². The second-order valence-corrected chi connectivity index (χ2v) is 8.48. The SMILES string of the molecule is Cc1ccc(C2=NO[C@@H](CC3(C(=O)N4CCC[C@@H](O)C4)CCOCC3)C2)cc1. The summed E-state index contributed by atoms with van der Waals surface area (Å²) >= 11 is 0. The fourth-order valence-electron chi connectivity index (χ4n) is 4.63. The number of aliphatic hydroxyl groups is 1. The van der Waals surface area contributed by atoms with E-state index in [2.05, 4.69) is 36.3 Å². The number of nitrogens with zero attached hydrogens (tertiary/aromatic N) is 2. The largest absolute Gasteiger partial charge is 0.392 e. The Labute approximate surface area is 166 Å². The van der Waals surface area contributed by atoms with Gasteiger partial charge < -0.3 is 19.6 Å². The maximum absolute atomic E-state index is 13.5. The summed E-state index contributed by atoms with van der Waals surface area (Å²) in [5.74, 6) is 0.155. The second kappa shape index (κ2) is 8.21. The van der Waals surface area contributed by atoms with Gasteiger partial charge in [-0.2, -0.15) is 0 Å². The third kappa shape index (κ3) is 4.08. The van der Waals surface area contributed by atoms with Crippen LogP contribution in [0, 0.1) is 12.3 Å². The van der Waals surface area contributed by atoms with E-state index in [-0.39, 0.29) is 12.0 Å².